The zero-order valence-electron chi connectivity index (χ0n) is 16.7. The highest BCUT2D eigenvalue weighted by atomic mass is 16.2. The molecule has 0 radical (unpaired) electrons. The van der Waals surface area contributed by atoms with Gasteiger partial charge < -0.3 is 4.90 Å². The summed E-state index contributed by atoms with van der Waals surface area (Å²) in [5.74, 6) is -0.219. The Kier molecular flexibility index (Phi) is 5.25. The molecule has 6 heteroatoms. The molecule has 0 N–H and O–H groups in total. The van der Waals surface area contributed by atoms with Crippen molar-refractivity contribution in [2.75, 3.05) is 13.1 Å². The lowest BCUT2D eigenvalue weighted by Crippen LogP contribution is -2.42. The zero-order valence-corrected chi connectivity index (χ0v) is 16.7. The van der Waals surface area contributed by atoms with Crippen molar-refractivity contribution in [3.8, 4) is 5.69 Å². The minimum Gasteiger partial charge on any atom is -0.338 e. The van der Waals surface area contributed by atoms with Gasteiger partial charge in [0.25, 0.3) is 5.91 Å². The third-order valence-electron chi connectivity index (χ3n) is 5.37. The van der Waals surface area contributed by atoms with Crippen molar-refractivity contribution >= 4 is 11.7 Å². The van der Waals surface area contributed by atoms with Crippen LogP contribution in [0.2, 0.25) is 0 Å². The van der Waals surface area contributed by atoms with E-state index in [2.05, 4.69) is 10.1 Å². The third-order valence-corrected chi connectivity index (χ3v) is 5.37. The summed E-state index contributed by atoms with van der Waals surface area (Å²) in [5, 5.41) is 4.48. The molecule has 1 saturated heterocycles. The van der Waals surface area contributed by atoms with Gasteiger partial charge in [-0.05, 0) is 69.2 Å². The predicted molar refractivity (Wildman–Crippen MR) is 110 cm³/mol. The topological polar surface area (TPSA) is 68.1 Å². The van der Waals surface area contributed by atoms with Crippen LogP contribution in [0.15, 0.2) is 54.7 Å². The van der Waals surface area contributed by atoms with Crippen LogP contribution in [0.3, 0.4) is 0 Å². The number of likely N-dealkylation sites (tertiary alicyclic amines) is 1. The van der Waals surface area contributed by atoms with E-state index in [1.807, 2.05) is 54.9 Å². The molecule has 1 atom stereocenters. The number of nitrogens with zero attached hydrogens (tertiary/aromatic N) is 4. The van der Waals surface area contributed by atoms with E-state index in [0.717, 1.165) is 29.9 Å². The van der Waals surface area contributed by atoms with Crippen LogP contribution in [0.1, 0.15) is 45.1 Å². The minimum atomic E-state index is -0.198. The fraction of sp³-hybridized carbons (Fsp3) is 0.304. The Bertz CT molecular complexity index is 1020. The number of rotatable bonds is 4. The molecular weight excluding hydrogens is 364 g/mol. The third kappa shape index (κ3) is 3.97. The molecule has 1 aliphatic rings. The number of carbonyl (C=O) groups excluding carboxylic acids is 2. The van der Waals surface area contributed by atoms with Crippen LogP contribution in [-0.4, -0.2) is 44.4 Å². The van der Waals surface area contributed by atoms with Gasteiger partial charge in [0.05, 0.1) is 11.4 Å². The summed E-state index contributed by atoms with van der Waals surface area (Å²) in [5.41, 5.74) is 4.03. The molecule has 1 amide bonds. The Labute approximate surface area is 170 Å². The van der Waals surface area contributed by atoms with Gasteiger partial charge in [-0.2, -0.15) is 5.10 Å². The first-order valence-corrected chi connectivity index (χ1v) is 9.91. The van der Waals surface area contributed by atoms with Crippen LogP contribution in [0.4, 0.5) is 0 Å². The zero-order chi connectivity index (χ0) is 20.4. The molecule has 3 heterocycles. The molecule has 1 aromatic carbocycles. The molecule has 3 aromatic rings. The van der Waals surface area contributed by atoms with Crippen LogP contribution >= 0.6 is 0 Å². The van der Waals surface area contributed by atoms with Gasteiger partial charge in [0, 0.05) is 36.5 Å². The Morgan fingerprint density at radius 2 is 1.86 bits per heavy atom. The highest BCUT2D eigenvalue weighted by Gasteiger charge is 2.30. The number of pyridine rings is 1. The summed E-state index contributed by atoms with van der Waals surface area (Å²) < 4.78 is 1.87. The Morgan fingerprint density at radius 3 is 2.52 bits per heavy atom. The second-order valence-electron chi connectivity index (χ2n) is 7.56. The lowest BCUT2D eigenvalue weighted by Gasteiger charge is -2.32. The van der Waals surface area contributed by atoms with Crippen LogP contribution in [-0.2, 0) is 0 Å². The van der Waals surface area contributed by atoms with Crippen molar-refractivity contribution in [3.05, 3.63) is 77.4 Å². The smallest absolute Gasteiger partial charge is 0.253 e. The van der Waals surface area contributed by atoms with E-state index in [0.29, 0.717) is 24.3 Å². The van der Waals surface area contributed by atoms with Gasteiger partial charge in [-0.3, -0.25) is 14.6 Å². The molecule has 0 spiro atoms. The van der Waals surface area contributed by atoms with Gasteiger partial charge in [0.2, 0.25) is 0 Å². The van der Waals surface area contributed by atoms with Crippen LogP contribution in [0.25, 0.3) is 5.69 Å². The molecule has 2 aromatic heterocycles. The Balaban J connectivity index is 1.47. The highest BCUT2D eigenvalue weighted by Crippen LogP contribution is 2.22. The van der Waals surface area contributed by atoms with Gasteiger partial charge >= 0.3 is 0 Å². The van der Waals surface area contributed by atoms with Crippen molar-refractivity contribution in [1.29, 1.82) is 0 Å². The molecule has 0 saturated carbocycles. The van der Waals surface area contributed by atoms with Gasteiger partial charge in [0.15, 0.2) is 5.78 Å². The standard InChI is InChI=1S/C23H24N4O2/c1-16-14-17(2)27(25-16)20-10-8-18(9-11-20)23(29)26-13-5-6-19(15-26)22(28)21-7-3-4-12-24-21/h3-4,7-12,14,19H,5-6,13,15H2,1-2H3/t19-/m1/s1. The van der Waals surface area contributed by atoms with Gasteiger partial charge in [-0.15, -0.1) is 0 Å². The molecule has 29 heavy (non-hydrogen) atoms. The molecule has 0 bridgehead atoms. The van der Waals surface area contributed by atoms with Crippen LogP contribution in [0, 0.1) is 19.8 Å². The quantitative estimate of drug-likeness (QED) is 0.640. The van der Waals surface area contributed by atoms with E-state index in [1.54, 1.807) is 23.2 Å². The predicted octanol–water partition coefficient (Wildman–Crippen LogP) is 3.62. The number of hydrogen-bond acceptors (Lipinski definition) is 4. The molecular formula is C23H24N4O2. The van der Waals surface area contributed by atoms with E-state index >= 15 is 0 Å². The second-order valence-corrected chi connectivity index (χ2v) is 7.56. The van der Waals surface area contributed by atoms with Crippen molar-refractivity contribution in [2.24, 2.45) is 5.92 Å². The van der Waals surface area contributed by atoms with E-state index in [4.69, 9.17) is 0 Å². The molecule has 0 aliphatic carbocycles. The summed E-state index contributed by atoms with van der Waals surface area (Å²) >= 11 is 0. The molecule has 1 fully saturated rings. The first-order valence-electron chi connectivity index (χ1n) is 9.91. The number of aromatic nitrogens is 3. The average Bonchev–Trinajstić information content (AvgIpc) is 3.11. The lowest BCUT2D eigenvalue weighted by molar-refractivity contribution is 0.0635. The van der Waals surface area contributed by atoms with Gasteiger partial charge in [-0.25, -0.2) is 4.68 Å². The van der Waals surface area contributed by atoms with E-state index in [-0.39, 0.29) is 17.6 Å². The maximum absolute atomic E-state index is 13.0. The molecule has 148 valence electrons. The lowest BCUT2D eigenvalue weighted by atomic mass is 9.91. The second kappa shape index (κ2) is 7.99. The molecule has 4 rings (SSSR count). The normalized spacial score (nSPS) is 16.6. The maximum Gasteiger partial charge on any atom is 0.253 e. The average molecular weight is 388 g/mol. The van der Waals surface area contributed by atoms with Crippen molar-refractivity contribution in [1.82, 2.24) is 19.7 Å². The SMILES string of the molecule is Cc1cc(C)n(-c2ccc(C(=O)N3CCC[C@@H](C(=O)c4ccccn4)C3)cc2)n1. The van der Waals surface area contributed by atoms with Crippen LogP contribution < -0.4 is 0 Å². The summed E-state index contributed by atoms with van der Waals surface area (Å²) in [6, 6.07) is 14.8. The van der Waals surface area contributed by atoms with Crippen LogP contribution in [0.5, 0.6) is 0 Å². The van der Waals surface area contributed by atoms with Crippen molar-refractivity contribution in [2.45, 2.75) is 26.7 Å². The number of benzene rings is 1. The van der Waals surface area contributed by atoms with Gasteiger partial charge in [-0.1, -0.05) is 6.07 Å². The number of piperidine rings is 1. The van der Waals surface area contributed by atoms with E-state index in [9.17, 15) is 9.59 Å². The summed E-state index contributed by atoms with van der Waals surface area (Å²) in [6.45, 7) is 5.07. The number of Topliss-reactive ketones (excluding diaryl/α,β-unsaturated/α-hetero) is 1. The maximum atomic E-state index is 13.0. The first kappa shape index (κ1) is 19.1. The number of carbonyl (C=O) groups is 2. The van der Waals surface area contributed by atoms with E-state index < -0.39 is 0 Å². The first-order chi connectivity index (χ1) is 14.0. The summed E-state index contributed by atoms with van der Waals surface area (Å²) in [7, 11) is 0. The highest BCUT2D eigenvalue weighted by molar-refractivity contribution is 5.98. The fourth-order valence-electron chi connectivity index (χ4n) is 3.91. The van der Waals surface area contributed by atoms with Crippen molar-refractivity contribution in [3.63, 3.8) is 0 Å². The number of aryl methyl sites for hydroxylation is 2. The largest absolute Gasteiger partial charge is 0.338 e. The number of ketones is 1. The van der Waals surface area contributed by atoms with Crippen molar-refractivity contribution < 1.29 is 9.59 Å². The molecule has 0 unspecified atom stereocenters. The molecule has 1 aliphatic heterocycles. The molecule has 6 nitrogen and oxygen atoms in total. The fourth-order valence-corrected chi connectivity index (χ4v) is 3.91. The summed E-state index contributed by atoms with van der Waals surface area (Å²) in [6.07, 6.45) is 3.23. The monoisotopic (exact) mass is 388 g/mol. The van der Waals surface area contributed by atoms with Gasteiger partial charge in [0.1, 0.15) is 5.69 Å². The Morgan fingerprint density at radius 1 is 1.07 bits per heavy atom. The van der Waals surface area contributed by atoms with E-state index in [1.165, 1.54) is 0 Å². The Hall–Kier alpha value is -3.28. The minimum absolute atomic E-state index is 0.0166. The summed E-state index contributed by atoms with van der Waals surface area (Å²) in [4.78, 5) is 31.7. The number of hydrogen-bond donors (Lipinski definition) is 0. The number of amides is 1.